The second-order valence-corrected chi connectivity index (χ2v) is 6.06. The molecule has 1 unspecified atom stereocenters. The van der Waals surface area contributed by atoms with Crippen molar-refractivity contribution in [2.45, 2.75) is 18.9 Å². The molecular weight excluding hydrogens is 358 g/mol. The van der Waals surface area contributed by atoms with Gasteiger partial charge in [0.1, 0.15) is 0 Å². The molecule has 0 heterocycles. The van der Waals surface area contributed by atoms with Crippen molar-refractivity contribution in [3.63, 3.8) is 0 Å². The van der Waals surface area contributed by atoms with E-state index in [1.54, 1.807) is 24.3 Å². The van der Waals surface area contributed by atoms with Crippen molar-refractivity contribution >= 4 is 27.8 Å². The third-order valence-corrected chi connectivity index (χ3v) is 4.09. The predicted octanol–water partition coefficient (Wildman–Crippen LogP) is 3.58. The van der Waals surface area contributed by atoms with Crippen LogP contribution in [0.3, 0.4) is 0 Å². The van der Waals surface area contributed by atoms with Crippen LogP contribution in [0, 0.1) is 0 Å². The summed E-state index contributed by atoms with van der Waals surface area (Å²) in [5.41, 5.74) is 1.57. The van der Waals surface area contributed by atoms with Crippen LogP contribution in [0.25, 0.3) is 0 Å². The Morgan fingerprint density at radius 1 is 1.00 bits per heavy atom. The number of carbonyl (C=O) groups is 2. The van der Waals surface area contributed by atoms with Crippen LogP contribution in [0.5, 0.6) is 0 Å². The topological polar surface area (TPSA) is 55.4 Å². The fourth-order valence-electron chi connectivity index (χ4n) is 2.29. The number of hydrogen-bond donors (Lipinski definition) is 1. The molecule has 2 aromatic rings. The molecule has 2 aromatic carbocycles. The molecular formula is C18H18BrNO3. The highest BCUT2D eigenvalue weighted by atomic mass is 79.9. The lowest BCUT2D eigenvalue weighted by atomic mass is 9.97. The maximum absolute atomic E-state index is 12.6. The van der Waals surface area contributed by atoms with E-state index in [0.717, 1.165) is 10.0 Å². The van der Waals surface area contributed by atoms with Gasteiger partial charge in [-0.25, -0.2) is 0 Å². The lowest BCUT2D eigenvalue weighted by Gasteiger charge is -2.19. The van der Waals surface area contributed by atoms with Crippen molar-refractivity contribution in [2.24, 2.45) is 0 Å². The van der Waals surface area contributed by atoms with Crippen molar-refractivity contribution in [2.75, 3.05) is 7.11 Å². The summed E-state index contributed by atoms with van der Waals surface area (Å²) in [5.74, 6) is -1.94. The molecule has 0 aliphatic heterocycles. The van der Waals surface area contributed by atoms with E-state index in [9.17, 15) is 9.59 Å². The molecule has 0 radical (unpaired) electrons. The summed E-state index contributed by atoms with van der Waals surface area (Å²) >= 11 is 3.34. The molecule has 0 saturated carbocycles. The maximum Gasteiger partial charge on any atom is 0.322 e. The number of amides is 1. The number of ether oxygens (including phenoxy) is 1. The molecule has 0 bridgehead atoms. The van der Waals surface area contributed by atoms with Gasteiger partial charge in [0.25, 0.3) is 0 Å². The zero-order valence-corrected chi connectivity index (χ0v) is 14.5. The maximum atomic E-state index is 12.6. The summed E-state index contributed by atoms with van der Waals surface area (Å²) in [6.07, 6.45) is 0. The molecule has 0 aliphatic rings. The molecule has 0 aliphatic carbocycles. The Balaban J connectivity index is 2.20. The highest BCUT2D eigenvalue weighted by Gasteiger charge is 2.30. The molecule has 2 atom stereocenters. The van der Waals surface area contributed by atoms with Crippen molar-refractivity contribution in [1.29, 1.82) is 0 Å². The van der Waals surface area contributed by atoms with Gasteiger partial charge >= 0.3 is 5.97 Å². The van der Waals surface area contributed by atoms with Crippen LogP contribution >= 0.6 is 15.9 Å². The number of nitrogens with one attached hydrogen (secondary N) is 1. The van der Waals surface area contributed by atoms with Crippen LogP contribution in [0.4, 0.5) is 0 Å². The van der Waals surface area contributed by atoms with E-state index in [2.05, 4.69) is 21.2 Å². The molecule has 0 aromatic heterocycles. The summed E-state index contributed by atoms with van der Waals surface area (Å²) in [5, 5.41) is 2.87. The summed E-state index contributed by atoms with van der Waals surface area (Å²) in [7, 11) is 1.28. The first-order chi connectivity index (χ1) is 11.0. The zero-order valence-electron chi connectivity index (χ0n) is 13.0. The third-order valence-electron chi connectivity index (χ3n) is 3.56. The van der Waals surface area contributed by atoms with Gasteiger partial charge in [0.05, 0.1) is 13.2 Å². The first-order valence-corrected chi connectivity index (χ1v) is 8.01. The predicted molar refractivity (Wildman–Crippen MR) is 91.9 cm³/mol. The lowest BCUT2D eigenvalue weighted by Crippen LogP contribution is -2.36. The van der Waals surface area contributed by atoms with E-state index in [4.69, 9.17) is 4.74 Å². The number of esters is 1. The average Bonchev–Trinajstić information content (AvgIpc) is 2.57. The van der Waals surface area contributed by atoms with Gasteiger partial charge in [0.15, 0.2) is 5.92 Å². The highest BCUT2D eigenvalue weighted by molar-refractivity contribution is 9.10. The summed E-state index contributed by atoms with van der Waals surface area (Å²) in [6.45, 7) is 1.88. The van der Waals surface area contributed by atoms with Crippen molar-refractivity contribution in [3.05, 3.63) is 70.2 Å². The minimum absolute atomic E-state index is 0.202. The summed E-state index contributed by atoms with van der Waals surface area (Å²) in [6, 6.07) is 16.4. The number of rotatable bonds is 5. The third kappa shape index (κ3) is 4.42. The normalized spacial score (nSPS) is 13.0. The molecule has 1 amide bonds. The number of carbonyl (C=O) groups excluding carboxylic acids is 2. The molecule has 2 rings (SSSR count). The lowest BCUT2D eigenvalue weighted by molar-refractivity contribution is -0.146. The van der Waals surface area contributed by atoms with Gasteiger partial charge in [-0.3, -0.25) is 9.59 Å². The summed E-state index contributed by atoms with van der Waals surface area (Å²) in [4.78, 5) is 24.7. The van der Waals surface area contributed by atoms with Crippen molar-refractivity contribution in [1.82, 2.24) is 5.32 Å². The van der Waals surface area contributed by atoms with Crippen LogP contribution in [-0.2, 0) is 14.3 Å². The highest BCUT2D eigenvalue weighted by Crippen LogP contribution is 2.22. The Hall–Kier alpha value is -2.14. The van der Waals surface area contributed by atoms with E-state index in [0.29, 0.717) is 5.56 Å². The second-order valence-electron chi connectivity index (χ2n) is 5.15. The van der Waals surface area contributed by atoms with Crippen LogP contribution in [0.1, 0.15) is 30.0 Å². The van der Waals surface area contributed by atoms with Crippen LogP contribution in [0.15, 0.2) is 59.1 Å². The average molecular weight is 376 g/mol. The molecule has 1 N–H and O–H groups in total. The van der Waals surface area contributed by atoms with Gasteiger partial charge in [-0.05, 0) is 30.2 Å². The Labute approximate surface area is 144 Å². The van der Waals surface area contributed by atoms with E-state index in [1.807, 2.05) is 37.3 Å². The first-order valence-electron chi connectivity index (χ1n) is 7.21. The van der Waals surface area contributed by atoms with Gasteiger partial charge in [0, 0.05) is 4.47 Å². The molecule has 0 spiro atoms. The molecule has 5 heteroatoms. The van der Waals surface area contributed by atoms with Gasteiger partial charge in [-0.1, -0.05) is 58.4 Å². The first kappa shape index (κ1) is 17.2. The van der Waals surface area contributed by atoms with Crippen LogP contribution < -0.4 is 5.32 Å². The Kier molecular flexibility index (Phi) is 5.93. The monoisotopic (exact) mass is 375 g/mol. The van der Waals surface area contributed by atoms with E-state index in [-0.39, 0.29) is 11.9 Å². The standard InChI is InChI=1S/C18H18BrNO3/c1-12(13-6-4-3-5-7-13)20-17(21)16(18(22)23-2)14-8-10-15(19)11-9-14/h3-12,16H,1-2H3,(H,20,21)/t12-,16?/m1/s1. The number of benzene rings is 2. The quantitative estimate of drug-likeness (QED) is 0.641. The molecule has 4 nitrogen and oxygen atoms in total. The molecule has 120 valence electrons. The van der Waals surface area contributed by atoms with Gasteiger partial charge in [-0.2, -0.15) is 0 Å². The fourth-order valence-corrected chi connectivity index (χ4v) is 2.55. The van der Waals surface area contributed by atoms with E-state index < -0.39 is 11.9 Å². The Morgan fingerprint density at radius 2 is 1.61 bits per heavy atom. The number of methoxy groups -OCH3 is 1. The van der Waals surface area contributed by atoms with Gasteiger partial charge < -0.3 is 10.1 Å². The largest absolute Gasteiger partial charge is 0.468 e. The van der Waals surface area contributed by atoms with Crippen molar-refractivity contribution in [3.8, 4) is 0 Å². The Morgan fingerprint density at radius 3 is 2.17 bits per heavy atom. The van der Waals surface area contributed by atoms with Gasteiger partial charge in [-0.15, -0.1) is 0 Å². The van der Waals surface area contributed by atoms with Crippen LogP contribution in [0.2, 0.25) is 0 Å². The fraction of sp³-hybridized carbons (Fsp3) is 0.222. The molecule has 23 heavy (non-hydrogen) atoms. The van der Waals surface area contributed by atoms with Crippen molar-refractivity contribution < 1.29 is 14.3 Å². The minimum atomic E-state index is -0.987. The van der Waals surface area contributed by atoms with Crippen LogP contribution in [-0.4, -0.2) is 19.0 Å². The molecule has 0 saturated heterocycles. The summed E-state index contributed by atoms with van der Waals surface area (Å²) < 4.78 is 5.67. The minimum Gasteiger partial charge on any atom is -0.468 e. The zero-order chi connectivity index (χ0) is 16.8. The molecule has 0 fully saturated rings. The van der Waals surface area contributed by atoms with E-state index in [1.165, 1.54) is 7.11 Å². The smallest absolute Gasteiger partial charge is 0.322 e. The van der Waals surface area contributed by atoms with E-state index >= 15 is 0 Å². The number of halogens is 1. The second kappa shape index (κ2) is 7.92. The Bertz CT molecular complexity index is 670. The van der Waals surface area contributed by atoms with Gasteiger partial charge in [0.2, 0.25) is 5.91 Å². The SMILES string of the molecule is COC(=O)C(C(=O)N[C@H](C)c1ccccc1)c1ccc(Br)cc1. The number of hydrogen-bond acceptors (Lipinski definition) is 3.